The summed E-state index contributed by atoms with van der Waals surface area (Å²) in [7, 11) is 0. The van der Waals surface area contributed by atoms with Gasteiger partial charge in [0.25, 0.3) is 0 Å². The number of hydrogen-bond acceptors (Lipinski definition) is 3. The molecule has 0 atom stereocenters. The van der Waals surface area contributed by atoms with E-state index in [-0.39, 0.29) is 6.79 Å². The summed E-state index contributed by atoms with van der Waals surface area (Å²) in [6.45, 7) is 3.35. The Balaban J connectivity index is 2.57. The predicted molar refractivity (Wildman–Crippen MR) is 54.6 cm³/mol. The van der Waals surface area contributed by atoms with Crippen molar-refractivity contribution >= 4 is 0 Å². The molecule has 1 aromatic carbocycles. The van der Waals surface area contributed by atoms with E-state index in [9.17, 15) is 4.39 Å². The summed E-state index contributed by atoms with van der Waals surface area (Å²) in [5.74, 6) is 1.22. The highest BCUT2D eigenvalue weighted by Crippen LogP contribution is 2.41. The summed E-state index contributed by atoms with van der Waals surface area (Å²) in [6.07, 6.45) is 0. The zero-order chi connectivity index (χ0) is 11.1. The molecule has 4 heteroatoms. The molecule has 0 amide bonds. The molecule has 0 spiro atoms. The Morgan fingerprint density at radius 1 is 1.40 bits per heavy atom. The van der Waals surface area contributed by atoms with Gasteiger partial charge >= 0.3 is 0 Å². The molecule has 82 valence electrons. The van der Waals surface area contributed by atoms with Crippen molar-refractivity contribution in [2.45, 2.75) is 26.1 Å². The van der Waals surface area contributed by atoms with Gasteiger partial charge in [-0.3, -0.25) is 0 Å². The van der Waals surface area contributed by atoms with Crippen molar-refractivity contribution in [3.05, 3.63) is 23.3 Å². The molecule has 2 rings (SSSR count). The third-order valence-electron chi connectivity index (χ3n) is 2.38. The lowest BCUT2D eigenvalue weighted by Gasteiger charge is -2.21. The Morgan fingerprint density at radius 3 is 2.73 bits per heavy atom. The summed E-state index contributed by atoms with van der Waals surface area (Å²) in [5, 5.41) is 0. The van der Waals surface area contributed by atoms with Crippen LogP contribution in [0.4, 0.5) is 4.39 Å². The Morgan fingerprint density at radius 2 is 2.13 bits per heavy atom. The van der Waals surface area contributed by atoms with Gasteiger partial charge in [0.1, 0.15) is 6.67 Å². The fraction of sp³-hybridized carbons (Fsp3) is 0.455. The van der Waals surface area contributed by atoms with E-state index in [1.165, 1.54) is 0 Å². The Bertz CT molecular complexity index is 385. The molecule has 0 fully saturated rings. The van der Waals surface area contributed by atoms with Crippen LogP contribution < -0.4 is 15.2 Å². The summed E-state index contributed by atoms with van der Waals surface area (Å²) in [4.78, 5) is 0. The average molecular weight is 211 g/mol. The van der Waals surface area contributed by atoms with E-state index in [4.69, 9.17) is 15.2 Å². The van der Waals surface area contributed by atoms with E-state index in [2.05, 4.69) is 0 Å². The van der Waals surface area contributed by atoms with E-state index < -0.39 is 12.2 Å². The Kier molecular flexibility index (Phi) is 2.31. The molecule has 3 nitrogen and oxygen atoms in total. The number of fused-ring (bicyclic) bond motifs is 1. The highest BCUT2D eigenvalue weighted by atomic mass is 19.1. The Labute approximate surface area is 88.0 Å². The maximum absolute atomic E-state index is 12.6. The maximum Gasteiger partial charge on any atom is 0.231 e. The molecular formula is C11H14FNO2. The highest BCUT2D eigenvalue weighted by Gasteiger charge is 2.26. The van der Waals surface area contributed by atoms with Gasteiger partial charge < -0.3 is 15.2 Å². The van der Waals surface area contributed by atoms with Gasteiger partial charge in [0.05, 0.1) is 0 Å². The maximum atomic E-state index is 12.6. The third kappa shape index (κ3) is 1.77. The van der Waals surface area contributed by atoms with Crippen molar-refractivity contribution in [3.63, 3.8) is 0 Å². The number of ether oxygens (including phenoxy) is 2. The van der Waals surface area contributed by atoms with Crippen LogP contribution in [0.25, 0.3) is 0 Å². The quantitative estimate of drug-likeness (QED) is 0.814. The molecule has 0 bridgehead atoms. The standard InChI is InChI=1S/C11H14FNO2/c1-11(2,13)8-3-7(5-12)4-9-10(8)15-6-14-9/h3-4H,5-6,13H2,1-2H3. The van der Waals surface area contributed by atoms with Gasteiger partial charge in [-0.05, 0) is 31.5 Å². The summed E-state index contributed by atoms with van der Waals surface area (Å²) in [6, 6.07) is 3.38. The SMILES string of the molecule is CC(C)(N)c1cc(CF)cc2c1OCO2. The first-order valence-electron chi connectivity index (χ1n) is 4.80. The third-order valence-corrected chi connectivity index (χ3v) is 2.38. The topological polar surface area (TPSA) is 44.5 Å². The van der Waals surface area contributed by atoms with Crippen molar-refractivity contribution in [3.8, 4) is 11.5 Å². The fourth-order valence-corrected chi connectivity index (χ4v) is 1.62. The molecule has 1 aromatic rings. The number of nitrogens with two attached hydrogens (primary N) is 1. The number of alkyl halides is 1. The lowest BCUT2D eigenvalue weighted by Crippen LogP contribution is -2.29. The monoisotopic (exact) mass is 211 g/mol. The highest BCUT2D eigenvalue weighted by molar-refractivity contribution is 5.53. The van der Waals surface area contributed by atoms with Crippen LogP contribution in [0.1, 0.15) is 25.0 Å². The van der Waals surface area contributed by atoms with Gasteiger partial charge in [-0.15, -0.1) is 0 Å². The summed E-state index contributed by atoms with van der Waals surface area (Å²) >= 11 is 0. The van der Waals surface area contributed by atoms with Gasteiger partial charge in [0, 0.05) is 11.1 Å². The van der Waals surface area contributed by atoms with Gasteiger partial charge in [0.15, 0.2) is 11.5 Å². The van der Waals surface area contributed by atoms with Crippen LogP contribution in [0.5, 0.6) is 11.5 Å². The van der Waals surface area contributed by atoms with Crippen LogP contribution in [0, 0.1) is 0 Å². The van der Waals surface area contributed by atoms with Gasteiger partial charge in [-0.25, -0.2) is 4.39 Å². The van der Waals surface area contributed by atoms with E-state index in [0.717, 1.165) is 5.56 Å². The first-order valence-corrected chi connectivity index (χ1v) is 4.80. The smallest absolute Gasteiger partial charge is 0.231 e. The van der Waals surface area contributed by atoms with Crippen molar-refractivity contribution in [1.29, 1.82) is 0 Å². The lowest BCUT2D eigenvalue weighted by molar-refractivity contribution is 0.172. The number of benzene rings is 1. The minimum atomic E-state index is -0.567. The van der Waals surface area contributed by atoms with Crippen LogP contribution in [-0.2, 0) is 12.2 Å². The van der Waals surface area contributed by atoms with Gasteiger partial charge in [0.2, 0.25) is 6.79 Å². The summed E-state index contributed by atoms with van der Waals surface area (Å²) in [5.41, 5.74) is 6.77. The fourth-order valence-electron chi connectivity index (χ4n) is 1.62. The molecule has 15 heavy (non-hydrogen) atoms. The molecule has 1 aliphatic heterocycles. The molecule has 0 aliphatic carbocycles. The predicted octanol–water partition coefficient (Wildman–Crippen LogP) is 2.08. The van der Waals surface area contributed by atoms with Crippen molar-refractivity contribution in [2.75, 3.05) is 6.79 Å². The molecule has 0 unspecified atom stereocenters. The summed E-state index contributed by atoms with van der Waals surface area (Å²) < 4.78 is 23.2. The van der Waals surface area contributed by atoms with Crippen LogP contribution in [0.2, 0.25) is 0 Å². The molecule has 0 radical (unpaired) electrons. The van der Waals surface area contributed by atoms with Crippen molar-refractivity contribution < 1.29 is 13.9 Å². The minimum Gasteiger partial charge on any atom is -0.454 e. The molecule has 0 saturated heterocycles. The van der Waals surface area contributed by atoms with Crippen molar-refractivity contribution in [2.24, 2.45) is 5.73 Å². The molecule has 1 heterocycles. The molecule has 1 aliphatic rings. The van der Waals surface area contributed by atoms with Gasteiger partial charge in [-0.2, -0.15) is 0 Å². The number of halogens is 1. The number of hydrogen-bond donors (Lipinski definition) is 1. The van der Waals surface area contributed by atoms with Crippen LogP contribution in [0.15, 0.2) is 12.1 Å². The zero-order valence-electron chi connectivity index (χ0n) is 8.84. The second kappa shape index (κ2) is 3.38. The molecule has 0 aromatic heterocycles. The van der Waals surface area contributed by atoms with E-state index in [1.807, 2.05) is 13.8 Å². The van der Waals surface area contributed by atoms with Crippen molar-refractivity contribution in [1.82, 2.24) is 0 Å². The molecular weight excluding hydrogens is 197 g/mol. The van der Waals surface area contributed by atoms with E-state index >= 15 is 0 Å². The zero-order valence-corrected chi connectivity index (χ0v) is 8.84. The first-order chi connectivity index (χ1) is 7.02. The lowest BCUT2D eigenvalue weighted by atomic mass is 9.93. The minimum absolute atomic E-state index is 0.175. The van der Waals surface area contributed by atoms with E-state index in [1.54, 1.807) is 12.1 Å². The largest absolute Gasteiger partial charge is 0.454 e. The van der Waals surface area contributed by atoms with Gasteiger partial charge in [-0.1, -0.05) is 0 Å². The van der Waals surface area contributed by atoms with Crippen LogP contribution >= 0.6 is 0 Å². The average Bonchev–Trinajstić information content (AvgIpc) is 2.61. The van der Waals surface area contributed by atoms with E-state index in [0.29, 0.717) is 17.1 Å². The first kappa shape index (κ1) is 10.2. The normalized spacial score (nSPS) is 14.4. The second-order valence-corrected chi connectivity index (χ2v) is 4.23. The number of rotatable bonds is 2. The van der Waals surface area contributed by atoms with Crippen LogP contribution in [-0.4, -0.2) is 6.79 Å². The molecule has 2 N–H and O–H groups in total. The van der Waals surface area contributed by atoms with Crippen LogP contribution in [0.3, 0.4) is 0 Å². The second-order valence-electron chi connectivity index (χ2n) is 4.23. The Hall–Kier alpha value is -1.29. The molecule has 0 saturated carbocycles.